The minimum absolute atomic E-state index is 0.0144. The lowest BCUT2D eigenvalue weighted by Crippen LogP contribution is -2.54. The normalized spacial score (nSPS) is 31.2. The summed E-state index contributed by atoms with van der Waals surface area (Å²) in [5, 5.41) is 12.0. The first kappa shape index (κ1) is 31.6. The van der Waals surface area contributed by atoms with Crippen LogP contribution < -0.4 is 9.46 Å². The lowest BCUT2D eigenvalue weighted by Gasteiger charge is -2.44. The van der Waals surface area contributed by atoms with Gasteiger partial charge in [-0.05, 0) is 98.6 Å². The van der Waals surface area contributed by atoms with E-state index in [-0.39, 0.29) is 29.8 Å². The van der Waals surface area contributed by atoms with Crippen LogP contribution in [0.25, 0.3) is 10.9 Å². The SMILES string of the molecule is COc1ccc(C2CCCCC2)c2c1cc1n2CC2=C(C(=O)NS(=O)(=O)N3CCC3)C2=C2C=CC[C@@H](C(=O)N3C4CCC3CC(C)(O)C4)C21. The molecule has 4 fully saturated rings. The first-order valence-electron chi connectivity index (χ1n) is 18.3. The van der Waals surface area contributed by atoms with Crippen molar-refractivity contribution >= 4 is 32.9 Å². The highest BCUT2D eigenvalue weighted by Crippen LogP contribution is 2.56. The van der Waals surface area contributed by atoms with E-state index in [1.54, 1.807) is 7.11 Å². The number of hydrogen-bond acceptors (Lipinski definition) is 6. The van der Waals surface area contributed by atoms with Crippen molar-refractivity contribution in [2.45, 2.75) is 114 Å². The van der Waals surface area contributed by atoms with Crippen LogP contribution in [-0.2, 0) is 26.3 Å². The molecule has 0 spiro atoms. The summed E-state index contributed by atoms with van der Waals surface area (Å²) in [6, 6.07) is 6.53. The van der Waals surface area contributed by atoms with Crippen molar-refractivity contribution in [3.8, 4) is 5.75 Å². The number of piperidine rings is 1. The molecule has 2 bridgehead atoms. The molecule has 49 heavy (non-hydrogen) atoms. The van der Waals surface area contributed by atoms with Crippen LogP contribution in [0.1, 0.15) is 101 Å². The molecule has 2 N–H and O–H groups in total. The van der Waals surface area contributed by atoms with Gasteiger partial charge in [0.1, 0.15) is 5.75 Å². The van der Waals surface area contributed by atoms with Gasteiger partial charge in [0.25, 0.3) is 5.91 Å². The van der Waals surface area contributed by atoms with Crippen molar-refractivity contribution < 1.29 is 27.9 Å². The third-order valence-corrected chi connectivity index (χ3v) is 14.1. The van der Waals surface area contributed by atoms with Gasteiger partial charge in [0.15, 0.2) is 0 Å². The molecular formula is C38H46N4O6S. The molecule has 1 aromatic heterocycles. The van der Waals surface area contributed by atoms with E-state index in [9.17, 15) is 23.1 Å². The van der Waals surface area contributed by atoms with Gasteiger partial charge in [-0.25, -0.2) is 4.72 Å². The minimum atomic E-state index is -3.92. The summed E-state index contributed by atoms with van der Waals surface area (Å²) in [6.07, 6.45) is 14.3. The predicted octanol–water partition coefficient (Wildman–Crippen LogP) is 4.95. The zero-order valence-corrected chi connectivity index (χ0v) is 29.2. The van der Waals surface area contributed by atoms with Crippen LogP contribution in [0.4, 0.5) is 0 Å². The molecule has 7 aliphatic rings. The van der Waals surface area contributed by atoms with E-state index in [0.717, 1.165) is 71.2 Å². The van der Waals surface area contributed by atoms with Crippen LogP contribution in [0.2, 0.25) is 0 Å². The van der Waals surface area contributed by atoms with E-state index in [1.807, 2.05) is 6.92 Å². The molecule has 1 saturated carbocycles. The number of aliphatic hydroxyl groups is 1. The highest BCUT2D eigenvalue weighted by molar-refractivity contribution is 7.87. The Labute approximate surface area is 288 Å². The summed E-state index contributed by atoms with van der Waals surface area (Å²) in [5.74, 6) is 0.0121. The number of carbonyl (C=O) groups is 2. The van der Waals surface area contributed by atoms with Gasteiger partial charge in [0, 0.05) is 48.7 Å². The van der Waals surface area contributed by atoms with Crippen molar-refractivity contribution in [2.24, 2.45) is 5.92 Å². The van der Waals surface area contributed by atoms with Gasteiger partial charge in [-0.15, -0.1) is 0 Å². The molecule has 4 atom stereocenters. The lowest BCUT2D eigenvalue weighted by molar-refractivity contribution is -0.145. The van der Waals surface area contributed by atoms with Crippen LogP contribution in [0.3, 0.4) is 0 Å². The number of nitrogens with one attached hydrogen (secondary N) is 1. The second-order valence-electron chi connectivity index (χ2n) is 15.7. The van der Waals surface area contributed by atoms with Crippen LogP contribution in [0, 0.1) is 5.92 Å². The molecule has 3 aliphatic carbocycles. The number of methoxy groups -OCH3 is 1. The van der Waals surface area contributed by atoms with Gasteiger partial charge in [-0.2, -0.15) is 12.7 Å². The maximum absolute atomic E-state index is 14.9. The number of aromatic nitrogens is 1. The topological polar surface area (TPSA) is 121 Å². The van der Waals surface area contributed by atoms with Crippen molar-refractivity contribution in [3.63, 3.8) is 0 Å². The van der Waals surface area contributed by atoms with E-state index in [0.29, 0.717) is 50.4 Å². The van der Waals surface area contributed by atoms with Crippen molar-refractivity contribution in [1.82, 2.24) is 18.5 Å². The van der Waals surface area contributed by atoms with Gasteiger partial charge in [-0.1, -0.05) is 37.5 Å². The number of amides is 2. The van der Waals surface area contributed by atoms with Gasteiger partial charge in [0.2, 0.25) is 5.91 Å². The van der Waals surface area contributed by atoms with Gasteiger partial charge < -0.3 is 19.3 Å². The van der Waals surface area contributed by atoms with Crippen LogP contribution in [-0.4, -0.2) is 77.0 Å². The predicted molar refractivity (Wildman–Crippen MR) is 185 cm³/mol. The fraction of sp³-hybridized carbons (Fsp3) is 0.579. The Morgan fingerprint density at radius 2 is 1.76 bits per heavy atom. The Hall–Kier alpha value is -3.41. The Balaban J connectivity index is 1.19. The zero-order valence-electron chi connectivity index (χ0n) is 28.4. The Morgan fingerprint density at radius 3 is 2.43 bits per heavy atom. The summed E-state index contributed by atoms with van der Waals surface area (Å²) < 4.78 is 38.0. The molecule has 2 aromatic rings. The first-order valence-corrected chi connectivity index (χ1v) is 19.7. The molecule has 3 unspecified atom stereocenters. The van der Waals surface area contributed by atoms with E-state index in [2.05, 4.69) is 44.5 Å². The van der Waals surface area contributed by atoms with Crippen LogP contribution >= 0.6 is 0 Å². The standard InChI is InChI=1S/C38H46N4O6S/c1-38(45)19-23-12-13-24(20-38)42(23)37(44)27-11-6-10-26-32(27)30-18-28-31(48-2)15-14-25(22-8-4-3-5-9-22)35(28)41(30)21-29-33(26)34(29)36(43)39-49(46,47)40-16-7-17-40/h6,10,14-15,18,22-24,27,32,45H,3-5,7-9,11-13,16-17,19-21H2,1-2H3,(H,39,43)/t23?,24?,27-,32?,38?/m1/s1. The monoisotopic (exact) mass is 686 g/mol. The van der Waals surface area contributed by atoms with E-state index < -0.39 is 21.7 Å². The molecule has 260 valence electrons. The number of allylic oxidation sites excluding steroid dienone is 4. The van der Waals surface area contributed by atoms with Gasteiger partial charge in [0.05, 0.1) is 29.7 Å². The number of fused-ring (bicyclic) bond motifs is 8. The summed E-state index contributed by atoms with van der Waals surface area (Å²) >= 11 is 0. The molecule has 1 aromatic carbocycles. The largest absolute Gasteiger partial charge is 0.496 e. The minimum Gasteiger partial charge on any atom is -0.496 e. The molecule has 0 radical (unpaired) electrons. The third-order valence-electron chi connectivity index (χ3n) is 12.6. The van der Waals surface area contributed by atoms with E-state index in [1.165, 1.54) is 29.1 Å². The van der Waals surface area contributed by atoms with E-state index in [4.69, 9.17) is 4.74 Å². The van der Waals surface area contributed by atoms with Gasteiger partial charge >= 0.3 is 10.2 Å². The smallest absolute Gasteiger partial charge is 0.304 e. The molecular weight excluding hydrogens is 641 g/mol. The summed E-state index contributed by atoms with van der Waals surface area (Å²) in [4.78, 5) is 30.8. The lowest BCUT2D eigenvalue weighted by atomic mass is 9.75. The molecule has 11 heteroatoms. The molecule has 3 saturated heterocycles. The number of rotatable bonds is 6. The Morgan fingerprint density at radius 1 is 1.02 bits per heavy atom. The van der Waals surface area contributed by atoms with Crippen LogP contribution in [0.5, 0.6) is 5.75 Å². The molecule has 10 nitrogen and oxygen atoms in total. The Kier molecular flexibility index (Phi) is 7.28. The van der Waals surface area contributed by atoms with E-state index >= 15 is 0 Å². The average Bonchev–Trinajstić information content (AvgIpc) is 3.57. The molecule has 9 rings (SSSR count). The second kappa shape index (κ2) is 11.3. The van der Waals surface area contributed by atoms with Crippen molar-refractivity contribution in [2.75, 3.05) is 20.2 Å². The Bertz CT molecular complexity index is 1960. The fourth-order valence-corrected chi connectivity index (χ4v) is 11.5. The fourth-order valence-electron chi connectivity index (χ4n) is 10.3. The van der Waals surface area contributed by atoms with Crippen molar-refractivity contribution in [1.29, 1.82) is 0 Å². The highest BCUT2D eigenvalue weighted by atomic mass is 32.2. The average molecular weight is 687 g/mol. The second-order valence-corrected chi connectivity index (χ2v) is 17.4. The molecule has 5 heterocycles. The molecule has 2 amide bonds. The maximum atomic E-state index is 14.9. The van der Waals surface area contributed by atoms with Gasteiger partial charge in [-0.3, -0.25) is 9.59 Å². The van der Waals surface area contributed by atoms with Crippen molar-refractivity contribution in [3.05, 3.63) is 63.9 Å². The number of carbonyl (C=O) groups excluding carboxylic acids is 2. The third kappa shape index (κ3) is 4.97. The molecule has 4 aliphatic heterocycles. The first-order chi connectivity index (χ1) is 23.6. The van der Waals surface area contributed by atoms with Crippen LogP contribution in [0.15, 0.2) is 52.6 Å². The zero-order chi connectivity index (χ0) is 33.8. The summed E-state index contributed by atoms with van der Waals surface area (Å²) in [5.41, 5.74) is 5.66. The summed E-state index contributed by atoms with van der Waals surface area (Å²) in [7, 11) is -2.23. The number of ether oxygens (including phenoxy) is 1. The quantitative estimate of drug-likeness (QED) is 0.444. The summed E-state index contributed by atoms with van der Waals surface area (Å²) in [6.45, 7) is 3.15. The maximum Gasteiger partial charge on any atom is 0.304 e. The number of nitrogens with zero attached hydrogens (tertiary/aromatic N) is 3. The number of benzene rings is 1. The highest BCUT2D eigenvalue weighted by Gasteiger charge is 2.52. The number of hydrogen-bond donors (Lipinski definition) is 2.